The number of benzene rings is 1. The van der Waals surface area contributed by atoms with Crippen LogP contribution < -0.4 is 19.7 Å². The molecule has 7 nitrogen and oxygen atoms in total. The van der Waals surface area contributed by atoms with Gasteiger partial charge in [-0.15, -0.1) is 0 Å². The number of rotatable bonds is 4. The number of ether oxygens (including phenoxy) is 2. The fraction of sp³-hybridized carbons (Fsp3) is 0.348. The Morgan fingerprint density at radius 3 is 2.29 bits per heavy atom. The molecule has 2 amide bonds. The van der Waals surface area contributed by atoms with Crippen LogP contribution in [0.4, 0.5) is 5.69 Å². The van der Waals surface area contributed by atoms with Crippen molar-refractivity contribution in [2.24, 2.45) is 0 Å². The summed E-state index contributed by atoms with van der Waals surface area (Å²) in [7, 11) is 3.03. The summed E-state index contributed by atoms with van der Waals surface area (Å²) in [5.74, 6) is -0.0704. The van der Waals surface area contributed by atoms with Crippen LogP contribution >= 0.6 is 12.2 Å². The van der Waals surface area contributed by atoms with Crippen molar-refractivity contribution in [3.63, 3.8) is 0 Å². The third-order valence-corrected chi connectivity index (χ3v) is 5.46. The zero-order valence-corrected chi connectivity index (χ0v) is 19.6. The molecule has 2 aromatic rings. The van der Waals surface area contributed by atoms with Crippen molar-refractivity contribution in [2.75, 3.05) is 19.1 Å². The number of thiocarbonyl (C=S) groups is 1. The monoisotopic (exact) mass is 441 g/mol. The first-order valence-electron chi connectivity index (χ1n) is 9.82. The molecule has 1 aromatic carbocycles. The Kier molecular flexibility index (Phi) is 5.96. The first-order chi connectivity index (χ1) is 14.5. The van der Waals surface area contributed by atoms with Gasteiger partial charge in [-0.2, -0.15) is 0 Å². The van der Waals surface area contributed by atoms with Gasteiger partial charge in [0.2, 0.25) is 0 Å². The molecule has 1 aliphatic rings. The van der Waals surface area contributed by atoms with Crippen molar-refractivity contribution in [2.45, 2.75) is 40.2 Å². The molecule has 0 saturated carbocycles. The van der Waals surface area contributed by atoms with E-state index in [1.54, 1.807) is 31.4 Å². The smallest absolute Gasteiger partial charge is 0.270 e. The van der Waals surface area contributed by atoms with Gasteiger partial charge in [0.05, 0.1) is 19.9 Å². The molecule has 1 aromatic heterocycles. The van der Waals surface area contributed by atoms with Crippen LogP contribution in [-0.2, 0) is 15.1 Å². The van der Waals surface area contributed by atoms with Crippen molar-refractivity contribution in [3.8, 4) is 11.5 Å². The number of carbonyl (C=O) groups excluding carboxylic acids is 2. The summed E-state index contributed by atoms with van der Waals surface area (Å²) >= 11 is 5.30. The Morgan fingerprint density at radius 2 is 1.74 bits per heavy atom. The molecule has 0 radical (unpaired) electrons. The number of aromatic nitrogens is 1. The van der Waals surface area contributed by atoms with Crippen molar-refractivity contribution in [3.05, 3.63) is 46.8 Å². The molecule has 2 heterocycles. The molecule has 0 aliphatic carbocycles. The summed E-state index contributed by atoms with van der Waals surface area (Å²) < 4.78 is 12.8. The second-order valence-corrected chi connectivity index (χ2v) is 8.72. The highest BCUT2D eigenvalue weighted by Crippen LogP contribution is 2.35. The summed E-state index contributed by atoms with van der Waals surface area (Å²) in [5, 5.41) is 2.61. The van der Waals surface area contributed by atoms with Gasteiger partial charge in [0, 0.05) is 23.0 Å². The van der Waals surface area contributed by atoms with Crippen molar-refractivity contribution in [1.29, 1.82) is 0 Å². The lowest BCUT2D eigenvalue weighted by atomic mass is 10.1. The van der Waals surface area contributed by atoms with Gasteiger partial charge in [-0.3, -0.25) is 14.9 Å². The molecule has 164 valence electrons. The number of nitrogens with one attached hydrogen (secondary N) is 1. The average Bonchev–Trinajstić information content (AvgIpc) is 2.98. The lowest BCUT2D eigenvalue weighted by Crippen LogP contribution is -2.54. The zero-order valence-electron chi connectivity index (χ0n) is 18.8. The highest BCUT2D eigenvalue weighted by molar-refractivity contribution is 7.80. The van der Waals surface area contributed by atoms with Crippen LogP contribution in [0.5, 0.6) is 11.5 Å². The topological polar surface area (TPSA) is 72.8 Å². The third kappa shape index (κ3) is 4.07. The second-order valence-electron chi connectivity index (χ2n) is 8.33. The van der Waals surface area contributed by atoms with E-state index in [9.17, 15) is 9.59 Å². The van der Waals surface area contributed by atoms with E-state index in [-0.39, 0.29) is 16.2 Å². The standard InChI is InChI=1S/C23H27N3O4S/c1-13-10-15(14(2)26(13)23(3,4)5)11-17-20(27)24-22(31)25(21(17)28)18-9-8-16(29-6)12-19(18)30-7/h8-12H,1-7H3,(H,24,27,31)/b17-11+. The van der Waals surface area contributed by atoms with Gasteiger partial charge in [-0.05, 0) is 76.7 Å². The zero-order chi connectivity index (χ0) is 23.1. The predicted octanol–water partition coefficient (Wildman–Crippen LogP) is 3.71. The molecule has 1 aliphatic heterocycles. The summed E-state index contributed by atoms with van der Waals surface area (Å²) in [4.78, 5) is 27.3. The van der Waals surface area contributed by atoms with Gasteiger partial charge in [0.15, 0.2) is 5.11 Å². The Balaban J connectivity index is 2.09. The van der Waals surface area contributed by atoms with Crippen LogP contribution in [0.3, 0.4) is 0 Å². The maximum Gasteiger partial charge on any atom is 0.270 e. The van der Waals surface area contributed by atoms with E-state index in [1.807, 2.05) is 19.9 Å². The molecule has 0 spiro atoms. The first-order valence-corrected chi connectivity index (χ1v) is 10.2. The number of carbonyl (C=O) groups is 2. The highest BCUT2D eigenvalue weighted by atomic mass is 32.1. The summed E-state index contributed by atoms with van der Waals surface area (Å²) in [6, 6.07) is 6.99. The first kappa shape index (κ1) is 22.6. The Labute approximate surface area is 187 Å². The molecule has 3 rings (SSSR count). The minimum absolute atomic E-state index is 0.000584. The van der Waals surface area contributed by atoms with Crippen LogP contribution in [0.2, 0.25) is 0 Å². The number of amides is 2. The SMILES string of the molecule is COc1ccc(N2C(=O)/C(=C/c3cc(C)n(C(C)(C)C)c3C)C(=O)NC2=S)c(OC)c1. The van der Waals surface area contributed by atoms with E-state index >= 15 is 0 Å². The molecular weight excluding hydrogens is 414 g/mol. The number of hydrogen-bond donors (Lipinski definition) is 1. The average molecular weight is 442 g/mol. The second kappa shape index (κ2) is 8.19. The van der Waals surface area contributed by atoms with Crippen molar-refractivity contribution in [1.82, 2.24) is 9.88 Å². The van der Waals surface area contributed by atoms with Gasteiger partial charge in [-0.25, -0.2) is 4.90 Å². The molecule has 0 bridgehead atoms. The van der Waals surface area contributed by atoms with E-state index < -0.39 is 11.8 Å². The maximum absolute atomic E-state index is 13.4. The van der Waals surface area contributed by atoms with E-state index in [2.05, 4.69) is 30.7 Å². The molecule has 8 heteroatoms. The molecule has 0 atom stereocenters. The van der Waals surface area contributed by atoms with Gasteiger partial charge in [0.25, 0.3) is 11.8 Å². The number of anilines is 1. The molecular formula is C23H27N3O4S. The van der Waals surface area contributed by atoms with Gasteiger partial charge >= 0.3 is 0 Å². The number of aryl methyl sites for hydroxylation is 1. The van der Waals surface area contributed by atoms with E-state index in [4.69, 9.17) is 21.7 Å². The number of nitrogens with zero attached hydrogens (tertiary/aromatic N) is 2. The van der Waals surface area contributed by atoms with Crippen molar-refractivity contribution >= 4 is 40.9 Å². The number of methoxy groups -OCH3 is 2. The van der Waals surface area contributed by atoms with Crippen LogP contribution in [0.15, 0.2) is 29.8 Å². The summed E-state index contributed by atoms with van der Waals surface area (Å²) in [6.07, 6.45) is 1.62. The lowest BCUT2D eigenvalue weighted by molar-refractivity contribution is -0.122. The fourth-order valence-electron chi connectivity index (χ4n) is 3.97. The van der Waals surface area contributed by atoms with Crippen LogP contribution in [0, 0.1) is 13.8 Å². The highest BCUT2D eigenvalue weighted by Gasteiger charge is 2.36. The summed E-state index contributed by atoms with van der Waals surface area (Å²) in [6.45, 7) is 10.3. The largest absolute Gasteiger partial charge is 0.497 e. The Morgan fingerprint density at radius 1 is 1.06 bits per heavy atom. The quantitative estimate of drug-likeness (QED) is 0.445. The molecule has 1 fully saturated rings. The fourth-order valence-corrected chi connectivity index (χ4v) is 4.24. The van der Waals surface area contributed by atoms with Gasteiger partial charge < -0.3 is 14.0 Å². The van der Waals surface area contributed by atoms with Crippen LogP contribution in [-0.4, -0.2) is 35.7 Å². The minimum Gasteiger partial charge on any atom is -0.497 e. The van der Waals surface area contributed by atoms with Gasteiger partial charge in [-0.1, -0.05) is 0 Å². The van der Waals surface area contributed by atoms with E-state index in [0.717, 1.165) is 17.0 Å². The Bertz CT molecular complexity index is 1110. The van der Waals surface area contributed by atoms with Crippen molar-refractivity contribution < 1.29 is 19.1 Å². The van der Waals surface area contributed by atoms with Gasteiger partial charge in [0.1, 0.15) is 17.1 Å². The molecule has 0 unspecified atom stereocenters. The van der Waals surface area contributed by atoms with Crippen LogP contribution in [0.25, 0.3) is 6.08 Å². The predicted molar refractivity (Wildman–Crippen MR) is 125 cm³/mol. The third-order valence-electron chi connectivity index (χ3n) is 5.17. The summed E-state index contributed by atoms with van der Waals surface area (Å²) in [5.41, 5.74) is 3.11. The normalized spacial score (nSPS) is 16.0. The van der Waals surface area contributed by atoms with Crippen LogP contribution in [0.1, 0.15) is 37.7 Å². The maximum atomic E-state index is 13.4. The molecule has 1 saturated heterocycles. The number of hydrogen-bond acceptors (Lipinski definition) is 5. The minimum atomic E-state index is -0.528. The lowest BCUT2D eigenvalue weighted by Gasteiger charge is -2.30. The Hall–Kier alpha value is -3.13. The molecule has 1 N–H and O–H groups in total. The van der Waals surface area contributed by atoms with E-state index in [0.29, 0.717) is 17.2 Å². The molecule has 31 heavy (non-hydrogen) atoms. The van der Waals surface area contributed by atoms with E-state index in [1.165, 1.54) is 12.0 Å².